The molecule has 1 aromatic heterocycles. The highest BCUT2D eigenvalue weighted by Crippen LogP contribution is 2.25. The van der Waals surface area contributed by atoms with Crippen LogP contribution in [-0.2, 0) is 19.5 Å². The Morgan fingerprint density at radius 2 is 2.17 bits per heavy atom. The van der Waals surface area contributed by atoms with E-state index in [9.17, 15) is 4.39 Å². The summed E-state index contributed by atoms with van der Waals surface area (Å²) in [5.74, 6) is 0.590. The molecule has 0 aliphatic carbocycles. The van der Waals surface area contributed by atoms with Crippen molar-refractivity contribution in [2.75, 3.05) is 25.5 Å². The molecule has 0 atom stereocenters. The Morgan fingerprint density at radius 1 is 1.35 bits per heavy atom. The average Bonchev–Trinajstić information content (AvgIpc) is 2.55. The molecule has 0 N–H and O–H groups in total. The molecular weight excluding hydrogens is 293 g/mol. The molecule has 23 heavy (non-hydrogen) atoms. The first kappa shape index (κ1) is 15.4. The van der Waals surface area contributed by atoms with Gasteiger partial charge in [0, 0.05) is 51.3 Å². The quantitative estimate of drug-likeness (QED) is 0.869. The largest absolute Gasteiger partial charge is 0.362 e. The maximum atomic E-state index is 14.1. The number of fused-ring (bicyclic) bond motifs is 1. The van der Waals surface area contributed by atoms with Crippen LogP contribution in [0.2, 0.25) is 0 Å². The van der Waals surface area contributed by atoms with E-state index in [0.717, 1.165) is 30.0 Å². The van der Waals surface area contributed by atoms with Crippen LogP contribution < -0.4 is 4.90 Å². The van der Waals surface area contributed by atoms with Gasteiger partial charge in [-0.05, 0) is 12.1 Å². The van der Waals surface area contributed by atoms with E-state index in [-0.39, 0.29) is 5.82 Å². The van der Waals surface area contributed by atoms with Crippen molar-refractivity contribution in [2.45, 2.75) is 19.5 Å². The van der Waals surface area contributed by atoms with Crippen molar-refractivity contribution >= 4 is 5.82 Å². The standard InChI is InChI=1S/C17H18FN5/c1-22(2)17-14-10-23(6-5-16(14)20-11-21-17)9-13-4-3-12(8-19)7-15(13)18/h3-4,7,11H,5-6,9-10H2,1-2H3. The zero-order valence-electron chi connectivity index (χ0n) is 13.3. The number of halogens is 1. The van der Waals surface area contributed by atoms with Crippen LogP contribution in [0.25, 0.3) is 0 Å². The number of nitriles is 1. The van der Waals surface area contributed by atoms with Gasteiger partial charge in [0.05, 0.1) is 17.3 Å². The molecule has 1 aliphatic rings. The maximum Gasteiger partial charge on any atom is 0.136 e. The summed E-state index contributed by atoms with van der Waals surface area (Å²) in [7, 11) is 3.92. The van der Waals surface area contributed by atoms with Gasteiger partial charge in [0.15, 0.2) is 0 Å². The van der Waals surface area contributed by atoms with Gasteiger partial charge < -0.3 is 4.90 Å². The Kier molecular flexibility index (Phi) is 4.22. The number of hydrogen-bond donors (Lipinski definition) is 0. The lowest BCUT2D eigenvalue weighted by Crippen LogP contribution is -2.32. The summed E-state index contributed by atoms with van der Waals surface area (Å²) in [6.45, 7) is 2.04. The van der Waals surface area contributed by atoms with Gasteiger partial charge in [-0.2, -0.15) is 5.26 Å². The Bertz CT molecular complexity index is 766. The van der Waals surface area contributed by atoms with Crippen LogP contribution in [0.15, 0.2) is 24.5 Å². The Morgan fingerprint density at radius 3 is 2.87 bits per heavy atom. The molecule has 0 spiro atoms. The lowest BCUT2D eigenvalue weighted by atomic mass is 10.0. The normalized spacial score (nSPS) is 14.2. The number of benzene rings is 1. The Balaban J connectivity index is 1.81. The predicted octanol–water partition coefficient (Wildman–Crippen LogP) is 2.11. The van der Waals surface area contributed by atoms with E-state index in [1.54, 1.807) is 18.5 Å². The average molecular weight is 311 g/mol. The second-order valence-electron chi connectivity index (χ2n) is 5.90. The smallest absolute Gasteiger partial charge is 0.136 e. The molecule has 3 rings (SSSR count). The maximum absolute atomic E-state index is 14.1. The number of aromatic nitrogens is 2. The van der Waals surface area contributed by atoms with Crippen LogP contribution >= 0.6 is 0 Å². The molecule has 0 unspecified atom stereocenters. The molecular formula is C17H18FN5. The molecule has 0 amide bonds. The monoisotopic (exact) mass is 311 g/mol. The lowest BCUT2D eigenvalue weighted by Gasteiger charge is -2.30. The highest BCUT2D eigenvalue weighted by Gasteiger charge is 2.22. The second kappa shape index (κ2) is 6.31. The van der Waals surface area contributed by atoms with Crippen LogP contribution in [0, 0.1) is 17.1 Å². The summed E-state index contributed by atoms with van der Waals surface area (Å²) in [4.78, 5) is 12.9. The van der Waals surface area contributed by atoms with Crippen molar-refractivity contribution in [3.05, 3.63) is 52.7 Å². The molecule has 0 saturated carbocycles. The SMILES string of the molecule is CN(C)c1ncnc2c1CN(Cc1ccc(C#N)cc1F)CC2. The van der Waals surface area contributed by atoms with Crippen molar-refractivity contribution in [1.82, 2.24) is 14.9 Å². The van der Waals surface area contributed by atoms with Gasteiger partial charge in [0.2, 0.25) is 0 Å². The first-order valence-electron chi connectivity index (χ1n) is 7.49. The number of rotatable bonds is 3. The minimum absolute atomic E-state index is 0.327. The van der Waals surface area contributed by atoms with E-state index in [1.165, 1.54) is 6.07 Å². The van der Waals surface area contributed by atoms with E-state index in [2.05, 4.69) is 14.9 Å². The van der Waals surface area contributed by atoms with Crippen LogP contribution in [0.3, 0.4) is 0 Å². The van der Waals surface area contributed by atoms with E-state index in [1.807, 2.05) is 25.1 Å². The van der Waals surface area contributed by atoms with Crippen LogP contribution in [0.4, 0.5) is 10.2 Å². The third kappa shape index (κ3) is 3.15. The minimum Gasteiger partial charge on any atom is -0.362 e. The van der Waals surface area contributed by atoms with Crippen molar-refractivity contribution < 1.29 is 4.39 Å². The van der Waals surface area contributed by atoms with Crippen molar-refractivity contribution in [1.29, 1.82) is 5.26 Å². The fourth-order valence-electron chi connectivity index (χ4n) is 2.89. The van der Waals surface area contributed by atoms with E-state index < -0.39 is 0 Å². The van der Waals surface area contributed by atoms with Gasteiger partial charge in [-0.3, -0.25) is 4.90 Å². The highest BCUT2D eigenvalue weighted by molar-refractivity contribution is 5.48. The zero-order chi connectivity index (χ0) is 16.4. The summed E-state index contributed by atoms with van der Waals surface area (Å²) in [5.41, 5.74) is 3.13. The van der Waals surface area contributed by atoms with Crippen LogP contribution in [0.1, 0.15) is 22.4 Å². The predicted molar refractivity (Wildman–Crippen MR) is 85.3 cm³/mol. The summed E-state index contributed by atoms with van der Waals surface area (Å²) in [6.07, 6.45) is 2.43. The molecule has 0 fully saturated rings. The molecule has 0 bridgehead atoms. The summed E-state index contributed by atoms with van der Waals surface area (Å²) in [6, 6.07) is 6.60. The van der Waals surface area contributed by atoms with Crippen molar-refractivity contribution in [2.24, 2.45) is 0 Å². The Labute approximate surface area is 135 Å². The topological polar surface area (TPSA) is 56.1 Å². The fourth-order valence-corrected chi connectivity index (χ4v) is 2.89. The molecule has 5 nitrogen and oxygen atoms in total. The lowest BCUT2D eigenvalue weighted by molar-refractivity contribution is 0.240. The van der Waals surface area contributed by atoms with Gasteiger partial charge in [-0.15, -0.1) is 0 Å². The fraction of sp³-hybridized carbons (Fsp3) is 0.353. The van der Waals surface area contributed by atoms with E-state index in [0.29, 0.717) is 24.2 Å². The molecule has 0 radical (unpaired) electrons. The molecule has 1 aliphatic heterocycles. The number of anilines is 1. The third-order valence-corrected chi connectivity index (χ3v) is 4.06. The van der Waals surface area contributed by atoms with Crippen molar-refractivity contribution in [3.8, 4) is 6.07 Å². The number of nitrogens with zero attached hydrogens (tertiary/aromatic N) is 5. The Hall–Kier alpha value is -2.52. The second-order valence-corrected chi connectivity index (χ2v) is 5.90. The van der Waals surface area contributed by atoms with Crippen LogP contribution in [-0.4, -0.2) is 35.5 Å². The van der Waals surface area contributed by atoms with Crippen LogP contribution in [0.5, 0.6) is 0 Å². The molecule has 2 heterocycles. The first-order valence-corrected chi connectivity index (χ1v) is 7.49. The van der Waals surface area contributed by atoms with E-state index >= 15 is 0 Å². The first-order chi connectivity index (χ1) is 11.1. The molecule has 0 saturated heterocycles. The van der Waals surface area contributed by atoms with Crippen molar-refractivity contribution in [3.63, 3.8) is 0 Å². The van der Waals surface area contributed by atoms with Gasteiger partial charge >= 0.3 is 0 Å². The van der Waals surface area contributed by atoms with Gasteiger partial charge in [-0.25, -0.2) is 14.4 Å². The zero-order valence-corrected chi connectivity index (χ0v) is 13.3. The molecule has 118 valence electrons. The summed E-state index contributed by atoms with van der Waals surface area (Å²) >= 11 is 0. The molecule has 2 aromatic rings. The highest BCUT2D eigenvalue weighted by atomic mass is 19.1. The van der Waals surface area contributed by atoms with Gasteiger partial charge in [0.25, 0.3) is 0 Å². The van der Waals surface area contributed by atoms with E-state index in [4.69, 9.17) is 5.26 Å². The minimum atomic E-state index is -0.327. The summed E-state index contributed by atoms with van der Waals surface area (Å²) in [5, 5.41) is 8.82. The van der Waals surface area contributed by atoms with Gasteiger partial charge in [-0.1, -0.05) is 6.07 Å². The third-order valence-electron chi connectivity index (χ3n) is 4.06. The van der Waals surface area contributed by atoms with Gasteiger partial charge in [0.1, 0.15) is 18.0 Å². The number of hydrogen-bond acceptors (Lipinski definition) is 5. The summed E-state index contributed by atoms with van der Waals surface area (Å²) < 4.78 is 14.1. The molecule has 6 heteroatoms. The molecule has 1 aromatic carbocycles.